The Hall–Kier alpha value is -2.92. The number of carbonyl (C=O) groups excluding carboxylic acids is 2. The summed E-state index contributed by atoms with van der Waals surface area (Å²) in [5.41, 5.74) is 3.14. The van der Waals surface area contributed by atoms with Crippen LogP contribution < -0.4 is 5.32 Å². The molecule has 0 radical (unpaired) electrons. The van der Waals surface area contributed by atoms with Crippen molar-refractivity contribution in [2.75, 3.05) is 0 Å². The number of benzene rings is 3. The molecule has 0 aliphatic heterocycles. The Labute approximate surface area is 211 Å². The number of halogens is 1. The zero-order valence-electron chi connectivity index (χ0n) is 19.9. The van der Waals surface area contributed by atoms with Gasteiger partial charge in [0.15, 0.2) is 0 Å². The topological polar surface area (TPSA) is 49.4 Å². The Morgan fingerprint density at radius 1 is 0.853 bits per heavy atom. The van der Waals surface area contributed by atoms with E-state index in [4.69, 9.17) is 0 Å². The SMILES string of the molecule is CCC(C)NC(=O)C(Cc1ccccc1)N(Cc1ccc(Br)cc1)C(=O)CCc1ccccc1. The molecule has 4 nitrogen and oxygen atoms in total. The van der Waals surface area contributed by atoms with Gasteiger partial charge in [-0.1, -0.05) is 95.7 Å². The second kappa shape index (κ2) is 13.1. The maximum Gasteiger partial charge on any atom is 0.243 e. The molecular formula is C29H33BrN2O2. The summed E-state index contributed by atoms with van der Waals surface area (Å²) in [6.45, 7) is 4.42. The van der Waals surface area contributed by atoms with E-state index >= 15 is 0 Å². The van der Waals surface area contributed by atoms with Crippen LogP contribution in [-0.2, 0) is 29.0 Å². The number of amides is 2. The molecule has 0 spiro atoms. The van der Waals surface area contributed by atoms with Crippen molar-refractivity contribution in [1.29, 1.82) is 0 Å². The number of aryl methyl sites for hydroxylation is 1. The van der Waals surface area contributed by atoms with Gasteiger partial charge in [0, 0.05) is 29.9 Å². The van der Waals surface area contributed by atoms with Crippen LogP contribution in [0.15, 0.2) is 89.4 Å². The smallest absolute Gasteiger partial charge is 0.243 e. The zero-order chi connectivity index (χ0) is 24.3. The number of rotatable bonds is 11. The maximum atomic E-state index is 13.6. The minimum Gasteiger partial charge on any atom is -0.352 e. The summed E-state index contributed by atoms with van der Waals surface area (Å²) in [6.07, 6.45) is 2.29. The summed E-state index contributed by atoms with van der Waals surface area (Å²) in [5.74, 6) is -0.129. The molecular weight excluding hydrogens is 488 g/mol. The van der Waals surface area contributed by atoms with E-state index in [-0.39, 0.29) is 17.9 Å². The molecule has 0 aromatic heterocycles. The van der Waals surface area contributed by atoms with Crippen LogP contribution >= 0.6 is 15.9 Å². The third kappa shape index (κ3) is 7.84. The predicted octanol–water partition coefficient (Wildman–Crippen LogP) is 5.94. The number of nitrogens with one attached hydrogen (secondary N) is 1. The zero-order valence-corrected chi connectivity index (χ0v) is 21.5. The molecule has 0 aliphatic carbocycles. The Balaban J connectivity index is 1.90. The Morgan fingerprint density at radius 2 is 1.44 bits per heavy atom. The summed E-state index contributed by atoms with van der Waals surface area (Å²) in [4.78, 5) is 28.8. The monoisotopic (exact) mass is 520 g/mol. The molecule has 0 saturated heterocycles. The van der Waals surface area contributed by atoms with Gasteiger partial charge < -0.3 is 10.2 Å². The van der Waals surface area contributed by atoms with E-state index in [1.54, 1.807) is 4.90 Å². The lowest BCUT2D eigenvalue weighted by molar-refractivity contribution is -0.141. The predicted molar refractivity (Wildman–Crippen MR) is 141 cm³/mol. The van der Waals surface area contributed by atoms with Gasteiger partial charge in [-0.25, -0.2) is 0 Å². The molecule has 2 atom stereocenters. The molecule has 5 heteroatoms. The van der Waals surface area contributed by atoms with Gasteiger partial charge >= 0.3 is 0 Å². The van der Waals surface area contributed by atoms with E-state index in [1.807, 2.05) is 98.8 Å². The van der Waals surface area contributed by atoms with Crippen molar-refractivity contribution < 1.29 is 9.59 Å². The molecule has 0 fully saturated rings. The first-order valence-corrected chi connectivity index (χ1v) is 12.7. The molecule has 178 valence electrons. The van der Waals surface area contributed by atoms with E-state index in [0.717, 1.165) is 27.6 Å². The number of nitrogens with zero attached hydrogens (tertiary/aromatic N) is 1. The van der Waals surface area contributed by atoms with E-state index in [9.17, 15) is 9.59 Å². The minimum atomic E-state index is -0.594. The highest BCUT2D eigenvalue weighted by atomic mass is 79.9. The first-order valence-electron chi connectivity index (χ1n) is 11.9. The quantitative estimate of drug-likeness (QED) is 0.340. The van der Waals surface area contributed by atoms with Gasteiger partial charge in [0.05, 0.1) is 0 Å². The standard InChI is InChI=1S/C29H33BrN2O2/c1-3-22(2)31-29(34)27(20-24-12-8-5-9-13-24)32(21-25-14-17-26(30)18-15-25)28(33)19-16-23-10-6-4-7-11-23/h4-15,17-18,22,27H,3,16,19-21H2,1-2H3,(H,31,34). The molecule has 3 rings (SSSR count). The molecule has 3 aromatic carbocycles. The summed E-state index contributed by atoms with van der Waals surface area (Å²) in [5, 5.41) is 3.11. The van der Waals surface area contributed by atoms with Crippen molar-refractivity contribution in [3.8, 4) is 0 Å². The molecule has 34 heavy (non-hydrogen) atoms. The fraction of sp³-hybridized carbons (Fsp3) is 0.310. The molecule has 2 unspecified atom stereocenters. The average Bonchev–Trinajstić information content (AvgIpc) is 2.87. The molecule has 0 aliphatic rings. The van der Waals surface area contributed by atoms with E-state index in [2.05, 4.69) is 21.2 Å². The molecule has 0 bridgehead atoms. The Kier molecular flexibility index (Phi) is 9.89. The average molecular weight is 521 g/mol. The van der Waals surface area contributed by atoms with Crippen LogP contribution in [0, 0.1) is 0 Å². The minimum absolute atomic E-state index is 0.0213. The highest BCUT2D eigenvalue weighted by molar-refractivity contribution is 9.10. The lowest BCUT2D eigenvalue weighted by Crippen LogP contribution is -2.52. The Morgan fingerprint density at radius 3 is 2.03 bits per heavy atom. The van der Waals surface area contributed by atoms with Crippen LogP contribution in [0.2, 0.25) is 0 Å². The summed E-state index contributed by atoms with van der Waals surface area (Å²) in [6, 6.07) is 27.3. The maximum absolute atomic E-state index is 13.6. The van der Waals surface area contributed by atoms with Crippen molar-refractivity contribution in [2.24, 2.45) is 0 Å². The van der Waals surface area contributed by atoms with Crippen molar-refractivity contribution in [1.82, 2.24) is 10.2 Å². The Bertz CT molecular complexity index is 1040. The van der Waals surface area contributed by atoms with Crippen LogP contribution in [0.3, 0.4) is 0 Å². The largest absolute Gasteiger partial charge is 0.352 e. The molecule has 0 heterocycles. The number of hydrogen-bond acceptors (Lipinski definition) is 2. The van der Waals surface area contributed by atoms with Crippen LogP contribution in [0.25, 0.3) is 0 Å². The van der Waals surface area contributed by atoms with E-state index in [1.165, 1.54) is 0 Å². The van der Waals surface area contributed by atoms with E-state index < -0.39 is 6.04 Å². The third-order valence-electron chi connectivity index (χ3n) is 6.01. The molecule has 0 saturated carbocycles. The van der Waals surface area contributed by atoms with Crippen molar-refractivity contribution >= 4 is 27.7 Å². The van der Waals surface area contributed by atoms with Crippen LogP contribution in [0.5, 0.6) is 0 Å². The van der Waals surface area contributed by atoms with Gasteiger partial charge in [-0.15, -0.1) is 0 Å². The van der Waals surface area contributed by atoms with Gasteiger partial charge in [-0.2, -0.15) is 0 Å². The van der Waals surface area contributed by atoms with Gasteiger partial charge in [0.1, 0.15) is 6.04 Å². The van der Waals surface area contributed by atoms with Crippen LogP contribution in [-0.4, -0.2) is 28.8 Å². The lowest BCUT2D eigenvalue weighted by atomic mass is 10.0. The van der Waals surface area contributed by atoms with Crippen molar-refractivity contribution in [3.63, 3.8) is 0 Å². The van der Waals surface area contributed by atoms with Gasteiger partial charge in [0.25, 0.3) is 0 Å². The van der Waals surface area contributed by atoms with Gasteiger partial charge in [0.2, 0.25) is 11.8 Å². The molecule has 3 aromatic rings. The summed E-state index contributed by atoms with van der Waals surface area (Å²) < 4.78 is 0.980. The molecule has 2 amide bonds. The third-order valence-corrected chi connectivity index (χ3v) is 6.54. The van der Waals surface area contributed by atoms with Gasteiger partial charge in [-0.05, 0) is 48.6 Å². The summed E-state index contributed by atoms with van der Waals surface area (Å²) >= 11 is 3.48. The summed E-state index contributed by atoms with van der Waals surface area (Å²) in [7, 11) is 0. The fourth-order valence-corrected chi connectivity index (χ4v) is 4.09. The van der Waals surface area contributed by atoms with E-state index in [0.29, 0.717) is 25.8 Å². The first-order chi connectivity index (χ1) is 16.5. The fourth-order valence-electron chi connectivity index (χ4n) is 3.82. The number of hydrogen-bond donors (Lipinski definition) is 1. The normalized spacial score (nSPS) is 12.6. The van der Waals surface area contributed by atoms with Crippen LogP contribution in [0.4, 0.5) is 0 Å². The number of carbonyl (C=O) groups is 2. The van der Waals surface area contributed by atoms with Crippen molar-refractivity contribution in [2.45, 2.75) is 58.2 Å². The molecule has 1 N–H and O–H groups in total. The first kappa shape index (κ1) is 25.7. The second-order valence-corrected chi connectivity index (χ2v) is 9.57. The highest BCUT2D eigenvalue weighted by Crippen LogP contribution is 2.19. The lowest BCUT2D eigenvalue weighted by Gasteiger charge is -2.32. The highest BCUT2D eigenvalue weighted by Gasteiger charge is 2.30. The van der Waals surface area contributed by atoms with Crippen LogP contribution in [0.1, 0.15) is 43.4 Å². The second-order valence-electron chi connectivity index (χ2n) is 8.66. The van der Waals surface area contributed by atoms with Crippen molar-refractivity contribution in [3.05, 3.63) is 106 Å². The van der Waals surface area contributed by atoms with Gasteiger partial charge in [-0.3, -0.25) is 9.59 Å².